The molecule has 22 heavy (non-hydrogen) atoms. The van der Waals surface area contributed by atoms with Crippen LogP contribution in [0.3, 0.4) is 0 Å². The van der Waals surface area contributed by atoms with Crippen molar-refractivity contribution in [3.8, 4) is 0 Å². The van der Waals surface area contributed by atoms with Gasteiger partial charge in [-0.25, -0.2) is 4.79 Å². The molecule has 1 aromatic carbocycles. The first-order valence-electron chi connectivity index (χ1n) is 7.52. The van der Waals surface area contributed by atoms with Crippen molar-refractivity contribution in [2.45, 2.75) is 19.1 Å². The molecule has 1 saturated heterocycles. The van der Waals surface area contributed by atoms with Crippen LogP contribution in [0.4, 0.5) is 4.79 Å². The van der Waals surface area contributed by atoms with E-state index < -0.39 is 0 Å². The van der Waals surface area contributed by atoms with Crippen LogP contribution >= 0.6 is 0 Å². The summed E-state index contributed by atoms with van der Waals surface area (Å²) in [5, 5.41) is 5.74. The molecule has 1 aliphatic heterocycles. The number of carbonyl (C=O) groups excluding carboxylic acids is 1. The standard InChI is InChI=1S/C17H20N2O3/c20-17(18-10-13-6-8-21-12-13)19-11-15-7-9-22-16(15)14-4-2-1-3-5-14/h1-6,8,12,15-16H,7,9-11H2,(H2,18,19,20)/t15-,16-/m0/s1. The number of hydrogen-bond acceptors (Lipinski definition) is 3. The highest BCUT2D eigenvalue weighted by Crippen LogP contribution is 2.33. The summed E-state index contributed by atoms with van der Waals surface area (Å²) in [6, 6.07) is 11.8. The molecule has 2 amide bonds. The normalized spacial score (nSPS) is 20.7. The fraction of sp³-hybridized carbons (Fsp3) is 0.353. The molecule has 0 spiro atoms. The van der Waals surface area contributed by atoms with Gasteiger partial charge in [0.2, 0.25) is 0 Å². The third kappa shape index (κ3) is 3.68. The third-order valence-corrected chi connectivity index (χ3v) is 3.90. The molecular formula is C17H20N2O3. The van der Waals surface area contributed by atoms with Gasteiger partial charge in [0.15, 0.2) is 0 Å². The van der Waals surface area contributed by atoms with Crippen molar-refractivity contribution in [2.75, 3.05) is 13.2 Å². The van der Waals surface area contributed by atoms with Gasteiger partial charge >= 0.3 is 6.03 Å². The minimum atomic E-state index is -0.167. The van der Waals surface area contributed by atoms with Gasteiger partial charge < -0.3 is 19.8 Å². The monoisotopic (exact) mass is 300 g/mol. The first-order valence-corrected chi connectivity index (χ1v) is 7.52. The first-order chi connectivity index (χ1) is 10.8. The van der Waals surface area contributed by atoms with E-state index in [4.69, 9.17) is 9.15 Å². The highest BCUT2D eigenvalue weighted by atomic mass is 16.5. The fourth-order valence-corrected chi connectivity index (χ4v) is 2.72. The maximum absolute atomic E-state index is 11.8. The van der Waals surface area contributed by atoms with Crippen LogP contribution in [0.1, 0.15) is 23.7 Å². The van der Waals surface area contributed by atoms with Crippen molar-refractivity contribution in [3.63, 3.8) is 0 Å². The lowest BCUT2D eigenvalue weighted by molar-refractivity contribution is 0.0910. The summed E-state index contributed by atoms with van der Waals surface area (Å²) in [6.45, 7) is 1.81. The largest absolute Gasteiger partial charge is 0.472 e. The highest BCUT2D eigenvalue weighted by molar-refractivity contribution is 5.73. The lowest BCUT2D eigenvalue weighted by Gasteiger charge is -2.19. The fourth-order valence-electron chi connectivity index (χ4n) is 2.72. The van der Waals surface area contributed by atoms with E-state index in [0.29, 0.717) is 19.0 Å². The van der Waals surface area contributed by atoms with Crippen LogP contribution in [-0.4, -0.2) is 19.2 Å². The minimum Gasteiger partial charge on any atom is -0.472 e. The van der Waals surface area contributed by atoms with Gasteiger partial charge in [-0.05, 0) is 18.1 Å². The van der Waals surface area contributed by atoms with E-state index in [9.17, 15) is 4.79 Å². The van der Waals surface area contributed by atoms with E-state index in [0.717, 1.165) is 18.6 Å². The van der Waals surface area contributed by atoms with E-state index in [1.165, 1.54) is 5.56 Å². The molecule has 0 bridgehead atoms. The van der Waals surface area contributed by atoms with Crippen LogP contribution < -0.4 is 10.6 Å². The molecule has 1 aliphatic rings. The molecule has 0 unspecified atom stereocenters. The van der Waals surface area contributed by atoms with Crippen LogP contribution in [0.15, 0.2) is 53.3 Å². The Morgan fingerprint density at radius 1 is 1.18 bits per heavy atom. The number of nitrogens with one attached hydrogen (secondary N) is 2. The summed E-state index contributed by atoms with van der Waals surface area (Å²) < 4.78 is 10.8. The summed E-state index contributed by atoms with van der Waals surface area (Å²) in [4.78, 5) is 11.8. The van der Waals surface area contributed by atoms with Gasteiger partial charge in [-0.2, -0.15) is 0 Å². The molecule has 0 aliphatic carbocycles. The molecule has 5 heteroatoms. The van der Waals surface area contributed by atoms with Crippen LogP contribution in [0.25, 0.3) is 0 Å². The topological polar surface area (TPSA) is 63.5 Å². The Kier molecular flexibility index (Phi) is 4.75. The Hall–Kier alpha value is -2.27. The predicted molar refractivity (Wildman–Crippen MR) is 82.2 cm³/mol. The number of hydrogen-bond donors (Lipinski definition) is 2. The van der Waals surface area contributed by atoms with Crippen molar-refractivity contribution in [3.05, 3.63) is 60.1 Å². The van der Waals surface area contributed by atoms with E-state index in [2.05, 4.69) is 22.8 Å². The molecule has 5 nitrogen and oxygen atoms in total. The minimum absolute atomic E-state index is 0.0652. The van der Waals surface area contributed by atoms with E-state index in [-0.39, 0.29) is 12.1 Å². The Labute approximate surface area is 129 Å². The molecule has 2 aromatic rings. The Bertz CT molecular complexity index is 583. The van der Waals surface area contributed by atoms with Crippen LogP contribution in [0, 0.1) is 5.92 Å². The zero-order valence-electron chi connectivity index (χ0n) is 12.3. The second-order valence-electron chi connectivity index (χ2n) is 5.45. The second kappa shape index (κ2) is 7.13. The Morgan fingerprint density at radius 2 is 2.05 bits per heavy atom. The molecule has 2 heterocycles. The molecule has 0 radical (unpaired) electrons. The number of furan rings is 1. The molecule has 1 aromatic heterocycles. The zero-order chi connectivity index (χ0) is 15.2. The number of amides is 2. The Balaban J connectivity index is 1.47. The van der Waals surface area contributed by atoms with Crippen molar-refractivity contribution >= 4 is 6.03 Å². The average molecular weight is 300 g/mol. The summed E-state index contributed by atoms with van der Waals surface area (Å²) >= 11 is 0. The van der Waals surface area contributed by atoms with Gasteiger partial charge in [-0.1, -0.05) is 30.3 Å². The van der Waals surface area contributed by atoms with Crippen molar-refractivity contribution in [1.82, 2.24) is 10.6 Å². The quantitative estimate of drug-likeness (QED) is 0.892. The second-order valence-corrected chi connectivity index (χ2v) is 5.45. The van der Waals surface area contributed by atoms with E-state index in [1.54, 1.807) is 12.5 Å². The molecular weight excluding hydrogens is 280 g/mol. The Morgan fingerprint density at radius 3 is 2.82 bits per heavy atom. The SMILES string of the molecule is O=C(NCc1ccoc1)NC[C@@H]1CCO[C@H]1c1ccccc1. The number of ether oxygens (including phenoxy) is 1. The molecule has 2 N–H and O–H groups in total. The van der Waals surface area contributed by atoms with Gasteiger partial charge in [0, 0.05) is 31.2 Å². The van der Waals surface area contributed by atoms with Crippen molar-refractivity contribution < 1.29 is 13.9 Å². The van der Waals surface area contributed by atoms with Gasteiger partial charge in [0.05, 0.1) is 18.6 Å². The van der Waals surface area contributed by atoms with Gasteiger partial charge in [-0.3, -0.25) is 0 Å². The number of rotatable bonds is 5. The van der Waals surface area contributed by atoms with Gasteiger partial charge in [-0.15, -0.1) is 0 Å². The van der Waals surface area contributed by atoms with E-state index in [1.807, 2.05) is 24.3 Å². The average Bonchev–Trinajstić information content (AvgIpc) is 3.23. The lowest BCUT2D eigenvalue weighted by Crippen LogP contribution is -2.38. The van der Waals surface area contributed by atoms with Crippen molar-refractivity contribution in [2.24, 2.45) is 5.92 Å². The van der Waals surface area contributed by atoms with Crippen LogP contribution in [0.2, 0.25) is 0 Å². The van der Waals surface area contributed by atoms with Crippen molar-refractivity contribution in [1.29, 1.82) is 0 Å². The number of benzene rings is 1. The summed E-state index contributed by atoms with van der Waals surface area (Å²) in [5.41, 5.74) is 2.12. The van der Waals surface area contributed by atoms with Gasteiger partial charge in [0.25, 0.3) is 0 Å². The molecule has 2 atom stereocenters. The molecule has 3 rings (SSSR count). The zero-order valence-corrected chi connectivity index (χ0v) is 12.3. The predicted octanol–water partition coefficient (Wildman–Crippen LogP) is 2.86. The summed E-state index contributed by atoms with van der Waals surface area (Å²) in [6.07, 6.45) is 4.24. The lowest BCUT2D eigenvalue weighted by atomic mass is 9.95. The maximum Gasteiger partial charge on any atom is 0.315 e. The maximum atomic E-state index is 11.8. The first kappa shape index (κ1) is 14.7. The summed E-state index contributed by atoms with van der Waals surface area (Å²) in [5.74, 6) is 0.307. The summed E-state index contributed by atoms with van der Waals surface area (Å²) in [7, 11) is 0. The van der Waals surface area contributed by atoms with Crippen LogP contribution in [0.5, 0.6) is 0 Å². The van der Waals surface area contributed by atoms with Crippen LogP contribution in [-0.2, 0) is 11.3 Å². The highest BCUT2D eigenvalue weighted by Gasteiger charge is 2.29. The third-order valence-electron chi connectivity index (χ3n) is 3.90. The smallest absolute Gasteiger partial charge is 0.315 e. The van der Waals surface area contributed by atoms with Gasteiger partial charge in [0.1, 0.15) is 0 Å². The molecule has 1 fully saturated rings. The number of carbonyl (C=O) groups is 1. The molecule has 116 valence electrons. The molecule has 0 saturated carbocycles. The number of urea groups is 1. The van der Waals surface area contributed by atoms with E-state index >= 15 is 0 Å².